The molecule has 0 N–H and O–H groups in total. The first-order valence-corrected chi connectivity index (χ1v) is 5.07. The van der Waals surface area contributed by atoms with Crippen LogP contribution in [-0.2, 0) is 0 Å². The van der Waals surface area contributed by atoms with Crippen molar-refractivity contribution in [3.05, 3.63) is 71.8 Å². The Balaban J connectivity index is 2.38. The van der Waals surface area contributed by atoms with Gasteiger partial charge >= 0.3 is 91.2 Å². The van der Waals surface area contributed by atoms with Gasteiger partial charge in [-0.3, -0.25) is 0 Å². The first-order valence-electron chi connectivity index (χ1n) is 5.07. The van der Waals surface area contributed by atoms with Crippen molar-refractivity contribution in [2.24, 2.45) is 0 Å². The number of hydrogen-bond donors (Lipinski definition) is 0. The molecule has 0 unspecified atom stereocenters. The number of hydrogen-bond acceptors (Lipinski definition) is 0. The molecule has 2 aromatic carbocycles. The predicted octanol–water partition coefficient (Wildman–Crippen LogP) is 2.79. The van der Waals surface area contributed by atoms with Crippen LogP contribution in [0.15, 0.2) is 60.7 Å². The van der Waals surface area contributed by atoms with Crippen LogP contribution < -0.4 is 0 Å². The number of rotatable bonds is 3. The maximum absolute atomic E-state index is 5.71. The van der Waals surface area contributed by atoms with Gasteiger partial charge in [-0.15, -0.1) is 0 Å². The zero-order valence-electron chi connectivity index (χ0n) is 8.51. The normalized spacial score (nSPS) is 10.1. The second kappa shape index (κ2) is 4.74. The van der Waals surface area contributed by atoms with Gasteiger partial charge in [0.05, 0.1) is 0 Å². The molecule has 0 aliphatic heterocycles. The van der Waals surface area contributed by atoms with Crippen molar-refractivity contribution in [1.29, 1.82) is 0 Å². The Hall–Kier alpha value is -1.63. The summed E-state index contributed by atoms with van der Waals surface area (Å²) in [5.74, 6) is 1.93. The van der Waals surface area contributed by atoms with E-state index in [1.807, 2.05) is 36.4 Å². The minimum atomic E-state index is 0.187. The molecule has 0 amide bonds. The van der Waals surface area contributed by atoms with Gasteiger partial charge in [0.2, 0.25) is 0 Å². The molecule has 2 rings (SSSR count). The monoisotopic (exact) mass is 191 g/mol. The van der Waals surface area contributed by atoms with Crippen molar-refractivity contribution in [3.8, 4) is 0 Å². The minimum absolute atomic E-state index is 0.187. The Kier molecular flexibility index (Phi) is 3.13. The molecule has 0 saturated carbocycles. The third kappa shape index (κ3) is 2.24. The van der Waals surface area contributed by atoms with E-state index in [0.29, 0.717) is 0 Å². The van der Waals surface area contributed by atoms with Crippen LogP contribution in [0, 0.1) is 0 Å². The third-order valence-corrected chi connectivity index (χ3v) is 2.51. The first-order chi connectivity index (χ1) is 7.42. The summed E-state index contributed by atoms with van der Waals surface area (Å²) in [5, 5.41) is 0. The topological polar surface area (TPSA) is 0 Å². The van der Waals surface area contributed by atoms with Gasteiger partial charge in [-0.25, -0.2) is 0 Å². The van der Waals surface area contributed by atoms with Crippen molar-refractivity contribution in [1.82, 2.24) is 0 Å². The number of benzene rings is 2. The third-order valence-electron chi connectivity index (χ3n) is 2.51. The van der Waals surface area contributed by atoms with Crippen LogP contribution in [0.5, 0.6) is 0 Å². The van der Waals surface area contributed by atoms with E-state index in [1.54, 1.807) is 5.97 Å². The van der Waals surface area contributed by atoms with Crippen LogP contribution in [0.1, 0.15) is 17.0 Å². The van der Waals surface area contributed by atoms with E-state index in [4.69, 9.17) is 7.49 Å². The van der Waals surface area contributed by atoms with E-state index in [9.17, 15) is 0 Å². The molecule has 15 heavy (non-hydrogen) atoms. The van der Waals surface area contributed by atoms with Gasteiger partial charge in [0, 0.05) is 0 Å². The van der Waals surface area contributed by atoms with Crippen molar-refractivity contribution in [3.63, 3.8) is 0 Å². The predicted molar refractivity (Wildman–Crippen MR) is 66.5 cm³/mol. The molecule has 1 radical (unpaired) electrons. The van der Waals surface area contributed by atoms with Gasteiger partial charge in [0.15, 0.2) is 0 Å². The summed E-state index contributed by atoms with van der Waals surface area (Å²) < 4.78 is 0. The summed E-state index contributed by atoms with van der Waals surface area (Å²) in [4.78, 5) is 0. The van der Waals surface area contributed by atoms with Gasteiger partial charge in [0.1, 0.15) is 0 Å². The summed E-state index contributed by atoms with van der Waals surface area (Å²) in [5.41, 5.74) is 2.46. The van der Waals surface area contributed by atoms with E-state index >= 15 is 0 Å². The van der Waals surface area contributed by atoms with Gasteiger partial charge < -0.3 is 0 Å². The fourth-order valence-corrected chi connectivity index (χ4v) is 1.74. The quantitative estimate of drug-likeness (QED) is 0.654. The van der Waals surface area contributed by atoms with Crippen LogP contribution in [0.25, 0.3) is 0 Å². The molecule has 1 heteroatoms. The summed E-state index contributed by atoms with van der Waals surface area (Å²) >= 11 is 0. The fraction of sp³-hybridized carbons (Fsp3) is 0.0714. The molecule has 0 bridgehead atoms. The SMILES string of the molecule is [B]=CC(c1ccccc1)c1ccccc1. The van der Waals surface area contributed by atoms with E-state index < -0.39 is 0 Å². The van der Waals surface area contributed by atoms with E-state index in [1.165, 1.54) is 11.1 Å². The van der Waals surface area contributed by atoms with Crippen LogP contribution in [0.3, 0.4) is 0 Å². The Morgan fingerprint density at radius 1 is 0.733 bits per heavy atom. The van der Waals surface area contributed by atoms with Crippen LogP contribution >= 0.6 is 0 Å². The Bertz CT molecular complexity index is 380. The summed E-state index contributed by atoms with van der Waals surface area (Å²) in [7, 11) is 5.71. The summed E-state index contributed by atoms with van der Waals surface area (Å²) in [6.07, 6.45) is 0. The summed E-state index contributed by atoms with van der Waals surface area (Å²) in [6.45, 7) is 0. The molecule has 0 spiro atoms. The molecule has 0 aliphatic rings. The Morgan fingerprint density at radius 3 is 1.47 bits per heavy atom. The molecule has 0 heterocycles. The molecule has 0 nitrogen and oxygen atoms in total. The average molecular weight is 191 g/mol. The van der Waals surface area contributed by atoms with Gasteiger partial charge in [-0.05, 0) is 0 Å². The van der Waals surface area contributed by atoms with E-state index in [2.05, 4.69) is 24.3 Å². The molecule has 2 aromatic rings. The van der Waals surface area contributed by atoms with Gasteiger partial charge in [0.25, 0.3) is 0 Å². The molecule has 71 valence electrons. The standard InChI is InChI=1S/C14H12B/c15-11-14(12-7-3-1-4-8-12)13-9-5-2-6-10-13/h1-11,14H. The fourth-order valence-electron chi connectivity index (χ4n) is 1.74. The summed E-state index contributed by atoms with van der Waals surface area (Å²) in [6, 6.07) is 20.6. The van der Waals surface area contributed by atoms with Crippen LogP contribution in [0.4, 0.5) is 0 Å². The average Bonchev–Trinajstić information content (AvgIpc) is 2.33. The van der Waals surface area contributed by atoms with Crippen LogP contribution in [-0.4, -0.2) is 13.5 Å². The Morgan fingerprint density at radius 2 is 1.13 bits per heavy atom. The zero-order valence-corrected chi connectivity index (χ0v) is 8.51. The molecule has 0 fully saturated rings. The van der Waals surface area contributed by atoms with E-state index in [0.717, 1.165) is 0 Å². The van der Waals surface area contributed by atoms with Crippen molar-refractivity contribution in [2.75, 3.05) is 0 Å². The molecule has 0 atom stereocenters. The van der Waals surface area contributed by atoms with Crippen LogP contribution in [0.2, 0.25) is 0 Å². The Labute approximate surface area is 91.7 Å². The van der Waals surface area contributed by atoms with Crippen molar-refractivity contribution in [2.45, 2.75) is 5.92 Å². The molecular weight excluding hydrogens is 179 g/mol. The van der Waals surface area contributed by atoms with E-state index in [-0.39, 0.29) is 5.92 Å². The first kappa shape index (κ1) is 9.91. The zero-order chi connectivity index (χ0) is 10.5. The second-order valence-corrected chi connectivity index (χ2v) is 3.49. The maximum atomic E-state index is 5.71. The van der Waals surface area contributed by atoms with Gasteiger partial charge in [-0.2, -0.15) is 0 Å². The van der Waals surface area contributed by atoms with Crippen molar-refractivity contribution < 1.29 is 0 Å². The van der Waals surface area contributed by atoms with Gasteiger partial charge in [-0.1, -0.05) is 0 Å². The van der Waals surface area contributed by atoms with Crippen molar-refractivity contribution >= 4 is 13.5 Å². The molecular formula is C14H12B. The second-order valence-electron chi connectivity index (χ2n) is 3.49. The molecule has 0 saturated heterocycles. The molecule has 0 aromatic heterocycles. The molecule has 0 aliphatic carbocycles.